The summed E-state index contributed by atoms with van der Waals surface area (Å²) in [6, 6.07) is 21.2. The highest BCUT2D eigenvalue weighted by atomic mass is 16.5. The van der Waals surface area contributed by atoms with E-state index in [2.05, 4.69) is 17.1 Å². The van der Waals surface area contributed by atoms with Crippen LogP contribution in [-0.4, -0.2) is 59.4 Å². The second-order valence-corrected chi connectivity index (χ2v) is 9.06. The molecule has 6 nitrogen and oxygen atoms in total. The second-order valence-electron chi connectivity index (χ2n) is 9.06. The maximum absolute atomic E-state index is 13.6. The van der Waals surface area contributed by atoms with Gasteiger partial charge >= 0.3 is 0 Å². The first-order valence-electron chi connectivity index (χ1n) is 12.3. The first-order chi connectivity index (χ1) is 17.1. The van der Waals surface area contributed by atoms with E-state index in [1.54, 1.807) is 17.3 Å². The molecule has 6 heteroatoms. The van der Waals surface area contributed by atoms with Crippen molar-refractivity contribution >= 4 is 11.8 Å². The summed E-state index contributed by atoms with van der Waals surface area (Å²) in [6.07, 6.45) is 7.15. The summed E-state index contributed by atoms with van der Waals surface area (Å²) >= 11 is 0. The van der Waals surface area contributed by atoms with Gasteiger partial charge in [0.2, 0.25) is 5.91 Å². The van der Waals surface area contributed by atoms with Crippen LogP contribution in [-0.2, 0) is 17.6 Å². The molecule has 2 heterocycles. The number of carbonyl (C=O) groups is 2. The first-order valence-corrected chi connectivity index (χ1v) is 12.3. The summed E-state index contributed by atoms with van der Waals surface area (Å²) in [5.74, 6) is 0.587. The van der Waals surface area contributed by atoms with E-state index in [9.17, 15) is 9.59 Å². The molecule has 2 amide bonds. The molecule has 0 N–H and O–H groups in total. The Hall–Kier alpha value is -3.67. The number of hydrogen-bond donors (Lipinski definition) is 0. The van der Waals surface area contributed by atoms with Gasteiger partial charge in [-0.1, -0.05) is 48.5 Å². The maximum atomic E-state index is 13.6. The Morgan fingerprint density at radius 3 is 2.49 bits per heavy atom. The van der Waals surface area contributed by atoms with E-state index < -0.39 is 0 Å². The Labute approximate surface area is 207 Å². The van der Waals surface area contributed by atoms with Gasteiger partial charge in [0.1, 0.15) is 12.4 Å². The number of fused-ring (bicyclic) bond motifs is 1. The summed E-state index contributed by atoms with van der Waals surface area (Å²) in [4.78, 5) is 34.6. The third-order valence-corrected chi connectivity index (χ3v) is 6.44. The van der Waals surface area contributed by atoms with Gasteiger partial charge in [0, 0.05) is 32.5 Å². The van der Waals surface area contributed by atoms with Crippen LogP contribution < -0.4 is 4.74 Å². The minimum absolute atomic E-state index is 0.0380. The molecule has 1 aliphatic rings. The Morgan fingerprint density at radius 2 is 1.69 bits per heavy atom. The van der Waals surface area contributed by atoms with Crippen LogP contribution in [0.5, 0.6) is 5.75 Å². The molecule has 2 aromatic carbocycles. The van der Waals surface area contributed by atoms with Crippen LogP contribution in [0.1, 0.15) is 40.7 Å². The van der Waals surface area contributed by atoms with Gasteiger partial charge in [-0.05, 0) is 55.0 Å². The molecular formula is C29H33N3O3. The fourth-order valence-corrected chi connectivity index (χ4v) is 4.51. The van der Waals surface area contributed by atoms with Crippen LogP contribution in [0.15, 0.2) is 79.1 Å². The van der Waals surface area contributed by atoms with Crippen LogP contribution in [0, 0.1) is 0 Å². The summed E-state index contributed by atoms with van der Waals surface area (Å²) < 4.78 is 6.28. The van der Waals surface area contributed by atoms with Gasteiger partial charge < -0.3 is 14.5 Å². The zero-order chi connectivity index (χ0) is 24.5. The third-order valence-electron chi connectivity index (χ3n) is 6.44. The highest BCUT2D eigenvalue weighted by Gasteiger charge is 2.26. The molecule has 182 valence electrons. The minimum atomic E-state index is -0.164. The van der Waals surface area contributed by atoms with E-state index in [1.165, 1.54) is 0 Å². The summed E-state index contributed by atoms with van der Waals surface area (Å²) in [7, 11) is 1.83. The molecule has 0 radical (unpaired) electrons. The van der Waals surface area contributed by atoms with E-state index in [1.807, 2.05) is 66.5 Å². The molecule has 0 fully saturated rings. The first kappa shape index (κ1) is 24.5. The Balaban J connectivity index is 1.64. The lowest BCUT2D eigenvalue weighted by atomic mass is 10.0. The predicted octanol–water partition coefficient (Wildman–Crippen LogP) is 4.40. The molecule has 35 heavy (non-hydrogen) atoms. The fraction of sp³-hybridized carbons (Fsp3) is 0.345. The number of carbonyl (C=O) groups excluding carboxylic acids is 2. The van der Waals surface area contributed by atoms with Crippen molar-refractivity contribution in [2.24, 2.45) is 0 Å². The summed E-state index contributed by atoms with van der Waals surface area (Å²) in [5, 5.41) is 0. The molecule has 0 aliphatic carbocycles. The quantitative estimate of drug-likeness (QED) is 0.566. The van der Waals surface area contributed by atoms with Crippen LogP contribution in [0.4, 0.5) is 0 Å². The molecule has 1 atom stereocenters. The summed E-state index contributed by atoms with van der Waals surface area (Å²) in [5.41, 5.74) is 2.60. The maximum Gasteiger partial charge on any atom is 0.257 e. The molecule has 1 aromatic heterocycles. The van der Waals surface area contributed by atoms with Gasteiger partial charge in [0.15, 0.2) is 0 Å². The number of aromatic nitrogens is 1. The van der Waals surface area contributed by atoms with Crippen molar-refractivity contribution in [2.45, 2.75) is 38.1 Å². The number of para-hydroxylation sites is 1. The SMILES string of the molecule is CN1CCCCCN(C(=O)Cc2cccnc2)[C@@H](Cc2ccccc2)COc2ccccc2C1=O. The van der Waals surface area contributed by atoms with Crippen LogP contribution in [0.2, 0.25) is 0 Å². The van der Waals surface area contributed by atoms with Gasteiger partial charge in [-0.25, -0.2) is 0 Å². The topological polar surface area (TPSA) is 62.7 Å². The number of benzene rings is 2. The van der Waals surface area contributed by atoms with Crippen LogP contribution >= 0.6 is 0 Å². The minimum Gasteiger partial charge on any atom is -0.491 e. The number of ether oxygens (including phenoxy) is 1. The van der Waals surface area contributed by atoms with Gasteiger partial charge in [0.05, 0.1) is 18.0 Å². The van der Waals surface area contributed by atoms with Gasteiger partial charge in [0.25, 0.3) is 5.91 Å². The summed E-state index contributed by atoms with van der Waals surface area (Å²) in [6.45, 7) is 1.63. The molecule has 0 unspecified atom stereocenters. The molecule has 4 rings (SSSR count). The largest absolute Gasteiger partial charge is 0.491 e. The van der Waals surface area contributed by atoms with Gasteiger partial charge in [-0.3, -0.25) is 14.6 Å². The van der Waals surface area contributed by atoms with Crippen LogP contribution in [0.25, 0.3) is 0 Å². The highest BCUT2D eigenvalue weighted by Crippen LogP contribution is 2.22. The van der Waals surface area contributed by atoms with Crippen molar-refractivity contribution in [3.63, 3.8) is 0 Å². The zero-order valence-electron chi connectivity index (χ0n) is 20.3. The van der Waals surface area contributed by atoms with Gasteiger partial charge in [-0.2, -0.15) is 0 Å². The molecule has 0 spiro atoms. The van der Waals surface area contributed by atoms with Crippen molar-refractivity contribution in [3.8, 4) is 5.75 Å². The van der Waals surface area contributed by atoms with Crippen LogP contribution in [0.3, 0.4) is 0 Å². The lowest BCUT2D eigenvalue weighted by molar-refractivity contribution is -0.133. The average Bonchev–Trinajstić information content (AvgIpc) is 2.90. The van der Waals surface area contributed by atoms with Crippen molar-refractivity contribution in [2.75, 3.05) is 26.7 Å². The number of nitrogens with zero attached hydrogens (tertiary/aromatic N) is 3. The standard InChI is InChI=1S/C29H33N3O3/c1-31-17-8-3-9-18-32(28(33)20-24-13-10-16-30-21-24)25(19-23-11-4-2-5-12-23)22-35-27-15-7-6-14-26(27)29(31)34/h2,4-7,10-16,21,25H,3,8-9,17-20,22H2,1H3/t25-/m0/s1. The third kappa shape index (κ3) is 6.69. The van der Waals surface area contributed by atoms with E-state index in [-0.39, 0.29) is 17.9 Å². The molecule has 1 aliphatic heterocycles. The lowest BCUT2D eigenvalue weighted by Gasteiger charge is -2.32. The zero-order valence-corrected chi connectivity index (χ0v) is 20.3. The number of hydrogen-bond acceptors (Lipinski definition) is 4. The highest BCUT2D eigenvalue weighted by molar-refractivity contribution is 5.96. The normalized spacial score (nSPS) is 17.4. The monoisotopic (exact) mass is 471 g/mol. The molecule has 0 saturated carbocycles. The van der Waals surface area contributed by atoms with Crippen molar-refractivity contribution in [1.82, 2.24) is 14.8 Å². The second kappa shape index (κ2) is 12.2. The lowest BCUT2D eigenvalue weighted by Crippen LogP contribution is -2.46. The number of pyridine rings is 1. The van der Waals surface area contributed by atoms with E-state index in [0.717, 1.165) is 30.4 Å². The number of rotatable bonds is 4. The van der Waals surface area contributed by atoms with E-state index >= 15 is 0 Å². The Bertz CT molecular complexity index is 1100. The molecule has 0 saturated heterocycles. The van der Waals surface area contributed by atoms with Gasteiger partial charge in [-0.15, -0.1) is 0 Å². The van der Waals surface area contributed by atoms with E-state index in [0.29, 0.717) is 43.9 Å². The Kier molecular flexibility index (Phi) is 8.49. The average molecular weight is 472 g/mol. The van der Waals surface area contributed by atoms with E-state index in [4.69, 9.17) is 4.74 Å². The van der Waals surface area contributed by atoms with Crippen molar-refractivity contribution in [3.05, 3.63) is 95.8 Å². The van der Waals surface area contributed by atoms with Crippen molar-refractivity contribution in [1.29, 1.82) is 0 Å². The molecule has 0 bridgehead atoms. The van der Waals surface area contributed by atoms with Crippen molar-refractivity contribution < 1.29 is 14.3 Å². The Morgan fingerprint density at radius 1 is 0.943 bits per heavy atom. The smallest absolute Gasteiger partial charge is 0.257 e. The fourth-order valence-electron chi connectivity index (χ4n) is 4.51. The predicted molar refractivity (Wildman–Crippen MR) is 136 cm³/mol. The number of amides is 2. The molecular weight excluding hydrogens is 438 g/mol. The molecule has 3 aromatic rings.